The van der Waals surface area contributed by atoms with Crippen molar-refractivity contribution in [1.29, 1.82) is 0 Å². The van der Waals surface area contributed by atoms with Crippen LogP contribution in [0.4, 0.5) is 34.1 Å². The van der Waals surface area contributed by atoms with Crippen LogP contribution in [0.15, 0.2) is 173 Å². The van der Waals surface area contributed by atoms with Crippen molar-refractivity contribution in [3.8, 4) is 22.6 Å². The van der Waals surface area contributed by atoms with Gasteiger partial charge in [-0.05, 0) is 136 Å². The third-order valence-corrected chi connectivity index (χ3v) is 12.6. The van der Waals surface area contributed by atoms with Gasteiger partial charge in [0.05, 0.1) is 16.4 Å². The van der Waals surface area contributed by atoms with Crippen LogP contribution in [0.1, 0.15) is 84.6 Å². The molecule has 0 fully saturated rings. The topological polar surface area (TPSA) is 32.8 Å². The van der Waals surface area contributed by atoms with Crippen molar-refractivity contribution >= 4 is 67.7 Å². The molecule has 64 heavy (non-hydrogen) atoms. The first-order valence-corrected chi connectivity index (χ1v) is 22.6. The summed E-state index contributed by atoms with van der Waals surface area (Å²) in [6.45, 7) is 22.4. The van der Waals surface area contributed by atoms with Crippen LogP contribution in [0.25, 0.3) is 44.6 Å². The van der Waals surface area contributed by atoms with Gasteiger partial charge in [-0.15, -0.1) is 0 Å². The Bertz CT molecular complexity index is 2900. The quantitative estimate of drug-likeness (QED) is 0.152. The van der Waals surface area contributed by atoms with Gasteiger partial charge in [0.1, 0.15) is 22.7 Å². The molecule has 0 aliphatic heterocycles. The summed E-state index contributed by atoms with van der Waals surface area (Å²) in [4.78, 5) is 4.58. The van der Waals surface area contributed by atoms with Crippen LogP contribution in [0.3, 0.4) is 0 Å². The van der Waals surface area contributed by atoms with Crippen molar-refractivity contribution in [2.24, 2.45) is 0 Å². The summed E-state index contributed by atoms with van der Waals surface area (Å²) in [7, 11) is 0. The molecule has 0 spiro atoms. The highest BCUT2D eigenvalue weighted by molar-refractivity contribution is 6.36. The molecule has 0 bridgehead atoms. The molecule has 5 heteroatoms. The molecule has 0 unspecified atom stereocenters. The lowest BCUT2D eigenvalue weighted by Gasteiger charge is -2.32. The number of hydrogen-bond acceptors (Lipinski definition) is 4. The van der Waals surface area contributed by atoms with Crippen molar-refractivity contribution in [2.75, 3.05) is 9.80 Å². The van der Waals surface area contributed by atoms with Gasteiger partial charge in [0.15, 0.2) is 0 Å². The van der Waals surface area contributed by atoms with E-state index >= 15 is 0 Å². The number of furan rings is 2. The summed E-state index contributed by atoms with van der Waals surface area (Å²) in [5, 5.41) is 2.70. The average molecular weight is 862 g/mol. The molecule has 0 saturated carbocycles. The maximum atomic E-state index is 7.98. The van der Waals surface area contributed by atoms with E-state index < -0.39 is 0 Å². The summed E-state index contributed by atoms with van der Waals surface area (Å²) in [6, 6.07) is 58.2. The first kappa shape index (κ1) is 42.8. The van der Waals surface area contributed by atoms with Crippen molar-refractivity contribution in [1.82, 2.24) is 0 Å². The van der Waals surface area contributed by atoms with Gasteiger partial charge in [-0.1, -0.05) is 147 Å². The molecule has 0 N–H and O–H groups in total. The smallest absolute Gasteiger partial charge is 0.135 e. The minimum Gasteiger partial charge on any atom is -0.456 e. The Kier molecular flexibility index (Phi) is 10.9. The Hall–Kier alpha value is -6.49. The standard InChI is InChI=1S/C59H57ClN2O2/c1-38-31-50(61(46-25-19-43(20-26-46)57(2,3)4)47-27-21-44(22-28-47)58(5,6)7)56(60)51(32-38)62(48-29-23-45(24-30-48)59(8,9)10)49-34-41(54-36-39-15-11-13-17-52(39)63-54)33-42(35-49)55-37-40-16-12-14-18-53(40)64-55/h11-37H,1-10H3. The first-order valence-electron chi connectivity index (χ1n) is 22.3. The van der Waals surface area contributed by atoms with Gasteiger partial charge < -0.3 is 18.6 Å². The van der Waals surface area contributed by atoms with Gasteiger partial charge in [0, 0.05) is 44.6 Å². The number of halogens is 1. The van der Waals surface area contributed by atoms with Crippen molar-refractivity contribution < 1.29 is 8.83 Å². The van der Waals surface area contributed by atoms with Crippen molar-refractivity contribution in [3.05, 3.63) is 191 Å². The average Bonchev–Trinajstić information content (AvgIpc) is 3.90. The lowest BCUT2D eigenvalue weighted by Crippen LogP contribution is -2.17. The van der Waals surface area contributed by atoms with E-state index in [0.29, 0.717) is 5.02 Å². The molecule has 9 rings (SSSR count). The van der Waals surface area contributed by atoms with Crippen LogP contribution in [0.5, 0.6) is 0 Å². The molecule has 2 aromatic heterocycles. The summed E-state index contributed by atoms with van der Waals surface area (Å²) < 4.78 is 13.1. The molecule has 0 aliphatic carbocycles. The monoisotopic (exact) mass is 860 g/mol. The minimum atomic E-state index is -0.0290. The lowest BCUT2D eigenvalue weighted by molar-refractivity contribution is 0.590. The van der Waals surface area contributed by atoms with Gasteiger partial charge in [-0.3, -0.25) is 0 Å². The maximum Gasteiger partial charge on any atom is 0.135 e. The molecule has 2 heterocycles. The molecular formula is C59H57ClN2O2. The summed E-state index contributed by atoms with van der Waals surface area (Å²) in [5.74, 6) is 1.53. The van der Waals surface area contributed by atoms with Crippen LogP contribution < -0.4 is 9.80 Å². The first-order chi connectivity index (χ1) is 30.4. The van der Waals surface area contributed by atoms with E-state index in [-0.39, 0.29) is 16.2 Å². The van der Waals surface area contributed by atoms with Crippen LogP contribution in [0, 0.1) is 6.92 Å². The number of benzene rings is 7. The zero-order chi connectivity index (χ0) is 45.1. The Balaban J connectivity index is 1.29. The van der Waals surface area contributed by atoms with Crippen LogP contribution in [-0.4, -0.2) is 0 Å². The number of aryl methyl sites for hydroxylation is 1. The third-order valence-electron chi connectivity index (χ3n) is 12.2. The fourth-order valence-corrected chi connectivity index (χ4v) is 8.79. The second-order valence-corrected chi connectivity index (χ2v) is 20.6. The van der Waals surface area contributed by atoms with Crippen LogP contribution in [0.2, 0.25) is 5.02 Å². The van der Waals surface area contributed by atoms with E-state index in [4.69, 9.17) is 20.4 Å². The van der Waals surface area contributed by atoms with E-state index in [2.05, 4.69) is 206 Å². The normalized spacial score (nSPS) is 12.3. The molecule has 322 valence electrons. The predicted octanol–water partition coefficient (Wildman–Crippen LogP) is 18.3. The minimum absolute atomic E-state index is 0.00699. The number of nitrogens with zero attached hydrogens (tertiary/aromatic N) is 2. The predicted molar refractivity (Wildman–Crippen MR) is 272 cm³/mol. The maximum absolute atomic E-state index is 7.98. The highest BCUT2D eigenvalue weighted by Gasteiger charge is 2.27. The van der Waals surface area contributed by atoms with Gasteiger partial charge >= 0.3 is 0 Å². The summed E-state index contributed by atoms with van der Waals surface area (Å²) in [6.07, 6.45) is 0. The van der Waals surface area contributed by atoms with Gasteiger partial charge in [0.25, 0.3) is 0 Å². The Morgan fingerprint density at radius 3 is 1.08 bits per heavy atom. The molecular weight excluding hydrogens is 804 g/mol. The fraction of sp³-hybridized carbons (Fsp3) is 0.220. The van der Waals surface area contributed by atoms with Crippen molar-refractivity contribution in [2.45, 2.75) is 85.5 Å². The second kappa shape index (κ2) is 16.3. The molecule has 0 radical (unpaired) electrons. The van der Waals surface area contributed by atoms with Crippen LogP contribution in [-0.2, 0) is 16.2 Å². The molecule has 4 nitrogen and oxygen atoms in total. The zero-order valence-electron chi connectivity index (χ0n) is 38.7. The van der Waals surface area contributed by atoms with Gasteiger partial charge in [0.2, 0.25) is 0 Å². The Morgan fingerprint density at radius 2 is 0.734 bits per heavy atom. The molecule has 0 aliphatic rings. The Labute approximate surface area is 383 Å². The van der Waals surface area contributed by atoms with Gasteiger partial charge in [-0.25, -0.2) is 0 Å². The number of anilines is 6. The fourth-order valence-electron chi connectivity index (χ4n) is 8.52. The number of para-hydroxylation sites is 2. The van der Waals surface area contributed by atoms with E-state index in [1.165, 1.54) is 16.7 Å². The van der Waals surface area contributed by atoms with E-state index in [1.807, 2.05) is 36.4 Å². The highest BCUT2D eigenvalue weighted by Crippen LogP contribution is 2.49. The van der Waals surface area contributed by atoms with E-state index in [9.17, 15) is 0 Å². The third kappa shape index (κ3) is 8.47. The Morgan fingerprint density at radius 1 is 0.391 bits per heavy atom. The molecule has 0 atom stereocenters. The van der Waals surface area contributed by atoms with E-state index in [0.717, 1.165) is 84.3 Å². The number of hydrogen-bond donors (Lipinski definition) is 0. The largest absolute Gasteiger partial charge is 0.456 e. The molecule has 9 aromatic rings. The summed E-state index contributed by atoms with van der Waals surface area (Å²) >= 11 is 7.98. The number of fused-ring (bicyclic) bond motifs is 2. The molecule has 0 saturated heterocycles. The molecule has 7 aromatic carbocycles. The van der Waals surface area contributed by atoms with Crippen molar-refractivity contribution in [3.63, 3.8) is 0 Å². The van der Waals surface area contributed by atoms with Crippen LogP contribution >= 0.6 is 11.6 Å². The van der Waals surface area contributed by atoms with Gasteiger partial charge in [-0.2, -0.15) is 0 Å². The molecule has 0 amide bonds. The lowest BCUT2D eigenvalue weighted by atomic mass is 9.86. The second-order valence-electron chi connectivity index (χ2n) is 20.2. The van der Waals surface area contributed by atoms with E-state index in [1.54, 1.807) is 0 Å². The summed E-state index contributed by atoms with van der Waals surface area (Å²) in [5.41, 5.74) is 14.0. The SMILES string of the molecule is Cc1cc(N(c2ccc(C(C)(C)C)cc2)c2ccc(C(C)(C)C)cc2)c(Cl)c(N(c2ccc(C(C)(C)C)cc2)c2cc(-c3cc4ccccc4o3)cc(-c3cc4ccccc4o3)c2)c1. The highest BCUT2D eigenvalue weighted by atomic mass is 35.5. The zero-order valence-corrected chi connectivity index (χ0v) is 39.4. The number of rotatable bonds is 8.